The second-order valence-corrected chi connectivity index (χ2v) is 5.61. The first-order chi connectivity index (χ1) is 10.7. The molecule has 1 aromatic carbocycles. The maximum atomic E-state index is 12.0. The van der Waals surface area contributed by atoms with E-state index in [1.165, 1.54) is 19.3 Å². The molecule has 1 aliphatic heterocycles. The number of nitrogens with one attached hydrogen (secondary N) is 1. The maximum absolute atomic E-state index is 12.0. The van der Waals surface area contributed by atoms with Gasteiger partial charge in [0.25, 0.3) is 0 Å². The van der Waals surface area contributed by atoms with Gasteiger partial charge in [-0.2, -0.15) is 0 Å². The van der Waals surface area contributed by atoms with E-state index in [0.29, 0.717) is 13.1 Å². The molecule has 2 rings (SSSR count). The highest BCUT2D eigenvalue weighted by Crippen LogP contribution is 2.24. The molecule has 0 aliphatic carbocycles. The molecular weight excluding hydrogens is 280 g/mol. The average molecular weight is 306 g/mol. The fraction of sp³-hybridized carbons (Fsp3) is 0.588. The molecule has 0 spiro atoms. The van der Waals surface area contributed by atoms with Crippen molar-refractivity contribution in [2.75, 3.05) is 40.4 Å². The molecule has 1 fully saturated rings. The minimum absolute atomic E-state index is 0.101. The van der Waals surface area contributed by atoms with Crippen molar-refractivity contribution in [3.8, 4) is 11.5 Å². The second kappa shape index (κ2) is 8.63. The molecule has 0 bridgehead atoms. The third-order valence-electron chi connectivity index (χ3n) is 4.02. The van der Waals surface area contributed by atoms with E-state index in [1.54, 1.807) is 14.2 Å². The van der Waals surface area contributed by atoms with Gasteiger partial charge in [-0.3, -0.25) is 9.69 Å². The fourth-order valence-corrected chi connectivity index (χ4v) is 2.79. The number of piperidine rings is 1. The standard InChI is InChI=1S/C17H26N2O3/c1-21-15-6-7-16(22-2)14(12-15)8-9-18-17(20)13-19-10-4-3-5-11-19/h6-7,12H,3-5,8-11,13H2,1-2H3,(H,18,20). The van der Waals surface area contributed by atoms with Crippen LogP contribution in [0.4, 0.5) is 0 Å². The number of amides is 1. The zero-order chi connectivity index (χ0) is 15.8. The van der Waals surface area contributed by atoms with Gasteiger partial charge >= 0.3 is 0 Å². The van der Waals surface area contributed by atoms with Gasteiger partial charge in [0.2, 0.25) is 5.91 Å². The van der Waals surface area contributed by atoms with Crippen molar-refractivity contribution in [3.63, 3.8) is 0 Å². The molecule has 0 radical (unpaired) electrons. The van der Waals surface area contributed by atoms with E-state index in [9.17, 15) is 4.79 Å². The van der Waals surface area contributed by atoms with Crippen molar-refractivity contribution in [1.29, 1.82) is 0 Å². The Morgan fingerprint density at radius 1 is 1.18 bits per heavy atom. The Hall–Kier alpha value is -1.75. The molecule has 1 saturated heterocycles. The van der Waals surface area contributed by atoms with Crippen molar-refractivity contribution in [3.05, 3.63) is 23.8 Å². The van der Waals surface area contributed by atoms with E-state index in [-0.39, 0.29) is 5.91 Å². The molecule has 1 aliphatic rings. The number of methoxy groups -OCH3 is 2. The van der Waals surface area contributed by atoms with Crippen molar-refractivity contribution in [2.24, 2.45) is 0 Å². The molecular formula is C17H26N2O3. The van der Waals surface area contributed by atoms with Gasteiger partial charge in [-0.25, -0.2) is 0 Å². The summed E-state index contributed by atoms with van der Waals surface area (Å²) in [6.07, 6.45) is 4.42. The molecule has 5 heteroatoms. The predicted molar refractivity (Wildman–Crippen MR) is 86.6 cm³/mol. The molecule has 5 nitrogen and oxygen atoms in total. The summed E-state index contributed by atoms with van der Waals surface area (Å²) in [5.41, 5.74) is 1.04. The lowest BCUT2D eigenvalue weighted by Crippen LogP contribution is -2.40. The van der Waals surface area contributed by atoms with Crippen molar-refractivity contribution < 1.29 is 14.3 Å². The Balaban J connectivity index is 1.78. The van der Waals surface area contributed by atoms with Crippen LogP contribution >= 0.6 is 0 Å². The predicted octanol–water partition coefficient (Wildman–Crippen LogP) is 1.85. The summed E-state index contributed by atoms with van der Waals surface area (Å²) in [7, 11) is 3.30. The minimum atomic E-state index is 0.101. The fourth-order valence-electron chi connectivity index (χ4n) is 2.79. The van der Waals surface area contributed by atoms with Crippen molar-refractivity contribution >= 4 is 5.91 Å². The molecule has 1 heterocycles. The van der Waals surface area contributed by atoms with Crippen LogP contribution in [0.5, 0.6) is 11.5 Å². The van der Waals surface area contributed by atoms with Gasteiger partial charge in [0.05, 0.1) is 20.8 Å². The molecule has 0 aromatic heterocycles. The SMILES string of the molecule is COc1ccc(OC)c(CCNC(=O)CN2CCCCC2)c1. The lowest BCUT2D eigenvalue weighted by atomic mass is 10.1. The largest absolute Gasteiger partial charge is 0.497 e. The van der Waals surface area contributed by atoms with Crippen molar-refractivity contribution in [2.45, 2.75) is 25.7 Å². The van der Waals surface area contributed by atoms with Crippen LogP contribution in [0.2, 0.25) is 0 Å². The summed E-state index contributed by atoms with van der Waals surface area (Å²) in [4.78, 5) is 14.2. The van der Waals surface area contributed by atoms with Crippen LogP contribution in [0.25, 0.3) is 0 Å². The Kier molecular flexibility index (Phi) is 6.52. The van der Waals surface area contributed by atoms with Gasteiger partial charge < -0.3 is 14.8 Å². The number of carbonyl (C=O) groups excluding carboxylic acids is 1. The summed E-state index contributed by atoms with van der Waals surface area (Å²) in [5, 5.41) is 2.99. The number of ether oxygens (including phenoxy) is 2. The van der Waals surface area contributed by atoms with E-state index in [1.807, 2.05) is 18.2 Å². The first kappa shape index (κ1) is 16.6. The molecule has 1 aromatic rings. The van der Waals surface area contributed by atoms with E-state index in [2.05, 4.69) is 10.2 Å². The third kappa shape index (κ3) is 4.91. The maximum Gasteiger partial charge on any atom is 0.234 e. The number of benzene rings is 1. The Bertz CT molecular complexity index is 485. The monoisotopic (exact) mass is 306 g/mol. The zero-order valence-electron chi connectivity index (χ0n) is 13.6. The van der Waals surface area contributed by atoms with Crippen molar-refractivity contribution in [1.82, 2.24) is 10.2 Å². The van der Waals surface area contributed by atoms with E-state index >= 15 is 0 Å². The highest BCUT2D eigenvalue weighted by atomic mass is 16.5. The summed E-state index contributed by atoms with van der Waals surface area (Å²) in [5.74, 6) is 1.73. The summed E-state index contributed by atoms with van der Waals surface area (Å²) in [6, 6.07) is 5.72. The molecule has 0 atom stereocenters. The van der Waals surface area contributed by atoms with E-state index in [0.717, 1.165) is 36.6 Å². The Labute approximate surface area is 132 Å². The molecule has 22 heavy (non-hydrogen) atoms. The number of carbonyl (C=O) groups is 1. The quantitative estimate of drug-likeness (QED) is 0.835. The zero-order valence-corrected chi connectivity index (χ0v) is 13.6. The first-order valence-electron chi connectivity index (χ1n) is 7.93. The average Bonchev–Trinajstić information content (AvgIpc) is 2.55. The van der Waals surface area contributed by atoms with Gasteiger partial charge in [-0.15, -0.1) is 0 Å². The number of likely N-dealkylation sites (tertiary alicyclic amines) is 1. The minimum Gasteiger partial charge on any atom is -0.497 e. The van der Waals surface area contributed by atoms with E-state index in [4.69, 9.17) is 9.47 Å². The lowest BCUT2D eigenvalue weighted by molar-refractivity contribution is -0.122. The van der Waals surface area contributed by atoms with Crippen LogP contribution in [0, 0.1) is 0 Å². The summed E-state index contributed by atoms with van der Waals surface area (Å²) >= 11 is 0. The normalized spacial score (nSPS) is 15.4. The van der Waals surface area contributed by atoms with Gasteiger partial charge in [0.1, 0.15) is 11.5 Å². The highest BCUT2D eigenvalue weighted by Gasteiger charge is 2.13. The van der Waals surface area contributed by atoms with Gasteiger partial charge in [-0.1, -0.05) is 6.42 Å². The number of nitrogens with zero attached hydrogens (tertiary/aromatic N) is 1. The van der Waals surface area contributed by atoms with E-state index < -0.39 is 0 Å². The van der Waals surface area contributed by atoms with Crippen LogP contribution in [-0.4, -0.2) is 51.2 Å². The van der Waals surface area contributed by atoms with Crippen LogP contribution in [-0.2, 0) is 11.2 Å². The molecule has 0 saturated carbocycles. The molecule has 1 N–H and O–H groups in total. The summed E-state index contributed by atoms with van der Waals surface area (Å²) in [6.45, 7) is 3.19. The first-order valence-corrected chi connectivity index (χ1v) is 7.93. The second-order valence-electron chi connectivity index (χ2n) is 5.61. The Morgan fingerprint density at radius 2 is 1.95 bits per heavy atom. The number of rotatable bonds is 7. The smallest absolute Gasteiger partial charge is 0.234 e. The third-order valence-corrected chi connectivity index (χ3v) is 4.02. The lowest BCUT2D eigenvalue weighted by Gasteiger charge is -2.25. The summed E-state index contributed by atoms with van der Waals surface area (Å²) < 4.78 is 10.6. The molecule has 1 amide bonds. The number of hydrogen-bond donors (Lipinski definition) is 1. The van der Waals surface area contributed by atoms with Crippen LogP contribution < -0.4 is 14.8 Å². The highest BCUT2D eigenvalue weighted by molar-refractivity contribution is 5.78. The van der Waals surface area contributed by atoms with Crippen LogP contribution in [0.3, 0.4) is 0 Å². The Morgan fingerprint density at radius 3 is 2.64 bits per heavy atom. The molecule has 0 unspecified atom stereocenters. The number of hydrogen-bond acceptors (Lipinski definition) is 4. The van der Waals surface area contributed by atoms with Gasteiger partial charge in [0.15, 0.2) is 0 Å². The topological polar surface area (TPSA) is 50.8 Å². The van der Waals surface area contributed by atoms with Gasteiger partial charge in [0, 0.05) is 6.54 Å². The van der Waals surface area contributed by atoms with Crippen LogP contribution in [0.15, 0.2) is 18.2 Å². The molecule has 122 valence electrons. The van der Waals surface area contributed by atoms with Crippen LogP contribution in [0.1, 0.15) is 24.8 Å². The van der Waals surface area contributed by atoms with Gasteiger partial charge in [-0.05, 0) is 56.1 Å².